The van der Waals surface area contributed by atoms with Crippen molar-refractivity contribution in [3.63, 3.8) is 0 Å². The zero-order valence-electron chi connectivity index (χ0n) is 9.91. The van der Waals surface area contributed by atoms with E-state index < -0.39 is 0 Å². The van der Waals surface area contributed by atoms with Crippen LogP contribution >= 0.6 is 11.6 Å². The summed E-state index contributed by atoms with van der Waals surface area (Å²) in [5, 5.41) is 3.64. The number of pyridine rings is 1. The molecule has 0 atom stereocenters. The van der Waals surface area contributed by atoms with Crippen molar-refractivity contribution in [3.8, 4) is 0 Å². The lowest BCUT2D eigenvalue weighted by Gasteiger charge is -2.08. The van der Waals surface area contributed by atoms with Gasteiger partial charge in [-0.2, -0.15) is 0 Å². The van der Waals surface area contributed by atoms with Gasteiger partial charge in [-0.3, -0.25) is 0 Å². The Morgan fingerprint density at radius 1 is 1.11 bits per heavy atom. The first-order valence-corrected chi connectivity index (χ1v) is 6.40. The van der Waals surface area contributed by atoms with Gasteiger partial charge in [0.15, 0.2) is 0 Å². The standard InChI is InChI=1S/C14H14ClN3/c15-13-7-11(16)8-14(18-13)17-12-5-4-9-2-1-3-10(9)6-12/h4-8H,1-3H2,(H3,16,17,18). The zero-order chi connectivity index (χ0) is 12.5. The van der Waals surface area contributed by atoms with Crippen LogP contribution in [0.15, 0.2) is 30.3 Å². The number of anilines is 3. The van der Waals surface area contributed by atoms with E-state index in [-0.39, 0.29) is 0 Å². The Kier molecular flexibility index (Phi) is 2.84. The van der Waals surface area contributed by atoms with Gasteiger partial charge in [-0.15, -0.1) is 0 Å². The predicted molar refractivity (Wildman–Crippen MR) is 75.4 cm³/mol. The van der Waals surface area contributed by atoms with Gasteiger partial charge in [-0.1, -0.05) is 17.7 Å². The molecule has 92 valence electrons. The van der Waals surface area contributed by atoms with Crippen molar-refractivity contribution in [1.82, 2.24) is 4.98 Å². The van der Waals surface area contributed by atoms with E-state index in [9.17, 15) is 0 Å². The van der Waals surface area contributed by atoms with Crippen molar-refractivity contribution in [1.29, 1.82) is 0 Å². The van der Waals surface area contributed by atoms with Crippen molar-refractivity contribution in [2.24, 2.45) is 0 Å². The van der Waals surface area contributed by atoms with Gasteiger partial charge < -0.3 is 11.1 Å². The van der Waals surface area contributed by atoms with E-state index in [1.165, 1.54) is 24.0 Å². The third kappa shape index (κ3) is 2.27. The van der Waals surface area contributed by atoms with Crippen molar-refractivity contribution < 1.29 is 0 Å². The van der Waals surface area contributed by atoms with Crippen LogP contribution in [-0.2, 0) is 12.8 Å². The SMILES string of the molecule is Nc1cc(Cl)nc(Nc2ccc3c(c2)CCC3)c1. The number of rotatable bonds is 2. The number of aryl methyl sites for hydroxylation is 2. The van der Waals surface area contributed by atoms with Crippen LogP contribution in [0.2, 0.25) is 5.15 Å². The van der Waals surface area contributed by atoms with Gasteiger partial charge in [0.05, 0.1) is 0 Å². The molecule has 0 unspecified atom stereocenters. The molecule has 0 bridgehead atoms. The highest BCUT2D eigenvalue weighted by atomic mass is 35.5. The van der Waals surface area contributed by atoms with Crippen molar-refractivity contribution in [2.45, 2.75) is 19.3 Å². The van der Waals surface area contributed by atoms with Crippen LogP contribution in [0.5, 0.6) is 0 Å². The van der Waals surface area contributed by atoms with Gasteiger partial charge in [0, 0.05) is 17.4 Å². The van der Waals surface area contributed by atoms with E-state index in [1.54, 1.807) is 12.1 Å². The summed E-state index contributed by atoms with van der Waals surface area (Å²) in [4.78, 5) is 4.20. The molecule has 1 aliphatic carbocycles. The number of nitrogen functional groups attached to an aromatic ring is 1. The summed E-state index contributed by atoms with van der Waals surface area (Å²) in [6, 6.07) is 9.84. The lowest BCUT2D eigenvalue weighted by molar-refractivity contribution is 0.912. The van der Waals surface area contributed by atoms with Crippen molar-refractivity contribution in [2.75, 3.05) is 11.1 Å². The van der Waals surface area contributed by atoms with Crippen molar-refractivity contribution >= 4 is 28.8 Å². The highest BCUT2D eigenvalue weighted by molar-refractivity contribution is 6.29. The largest absolute Gasteiger partial charge is 0.399 e. The lowest BCUT2D eigenvalue weighted by Crippen LogP contribution is -1.97. The maximum absolute atomic E-state index is 5.88. The Morgan fingerprint density at radius 2 is 1.94 bits per heavy atom. The molecular weight excluding hydrogens is 246 g/mol. The second kappa shape index (κ2) is 4.50. The maximum Gasteiger partial charge on any atom is 0.134 e. The summed E-state index contributed by atoms with van der Waals surface area (Å²) in [5.41, 5.74) is 10.3. The Balaban J connectivity index is 1.88. The molecule has 3 N–H and O–H groups in total. The lowest BCUT2D eigenvalue weighted by atomic mass is 10.1. The number of benzene rings is 1. The van der Waals surface area contributed by atoms with E-state index in [1.807, 2.05) is 0 Å². The van der Waals surface area contributed by atoms with Crippen LogP contribution in [0.3, 0.4) is 0 Å². The number of nitrogens with zero attached hydrogens (tertiary/aromatic N) is 1. The van der Waals surface area contributed by atoms with Crippen LogP contribution in [-0.4, -0.2) is 4.98 Å². The summed E-state index contributed by atoms with van der Waals surface area (Å²) in [6.07, 6.45) is 3.61. The highest BCUT2D eigenvalue weighted by Gasteiger charge is 2.11. The Morgan fingerprint density at radius 3 is 2.78 bits per heavy atom. The molecule has 3 nitrogen and oxygen atoms in total. The average molecular weight is 260 g/mol. The van der Waals surface area contributed by atoms with Crippen LogP contribution in [0.25, 0.3) is 0 Å². The second-order valence-corrected chi connectivity index (χ2v) is 4.96. The van der Waals surface area contributed by atoms with Crippen molar-refractivity contribution in [3.05, 3.63) is 46.6 Å². The summed E-state index contributed by atoms with van der Waals surface area (Å²) in [6.45, 7) is 0. The fraction of sp³-hybridized carbons (Fsp3) is 0.214. The van der Waals surface area contributed by atoms with Crippen LogP contribution in [0.4, 0.5) is 17.2 Å². The quantitative estimate of drug-likeness (QED) is 0.811. The number of hydrogen-bond donors (Lipinski definition) is 2. The molecule has 0 fully saturated rings. The number of aromatic nitrogens is 1. The summed E-state index contributed by atoms with van der Waals surface area (Å²) >= 11 is 5.88. The summed E-state index contributed by atoms with van der Waals surface area (Å²) < 4.78 is 0. The molecular formula is C14H14ClN3. The van der Waals surface area contributed by atoms with E-state index in [4.69, 9.17) is 17.3 Å². The molecule has 18 heavy (non-hydrogen) atoms. The van der Waals surface area contributed by atoms with Gasteiger partial charge in [0.25, 0.3) is 0 Å². The average Bonchev–Trinajstić information content (AvgIpc) is 2.74. The minimum atomic E-state index is 0.402. The zero-order valence-corrected chi connectivity index (χ0v) is 10.7. The fourth-order valence-corrected chi connectivity index (χ4v) is 2.60. The maximum atomic E-state index is 5.88. The molecule has 1 aromatic heterocycles. The van der Waals surface area contributed by atoms with E-state index in [0.717, 1.165) is 12.1 Å². The van der Waals surface area contributed by atoms with E-state index in [0.29, 0.717) is 16.7 Å². The highest BCUT2D eigenvalue weighted by Crippen LogP contribution is 2.27. The first kappa shape index (κ1) is 11.4. The van der Waals surface area contributed by atoms with Crippen LogP contribution in [0, 0.1) is 0 Å². The van der Waals surface area contributed by atoms with Gasteiger partial charge >= 0.3 is 0 Å². The number of halogens is 1. The molecule has 1 heterocycles. The molecule has 0 amide bonds. The second-order valence-electron chi connectivity index (χ2n) is 4.57. The first-order chi connectivity index (χ1) is 8.70. The molecule has 0 radical (unpaired) electrons. The summed E-state index contributed by atoms with van der Waals surface area (Å²) in [5.74, 6) is 0.679. The fourth-order valence-electron chi connectivity index (χ4n) is 2.38. The molecule has 1 aromatic carbocycles. The molecule has 0 saturated carbocycles. The van der Waals surface area contributed by atoms with Gasteiger partial charge in [-0.05, 0) is 48.6 Å². The minimum Gasteiger partial charge on any atom is -0.399 e. The Labute approximate surface area is 111 Å². The normalized spacial score (nSPS) is 13.4. The van der Waals surface area contributed by atoms with Gasteiger partial charge in [-0.25, -0.2) is 4.98 Å². The summed E-state index contributed by atoms with van der Waals surface area (Å²) in [7, 11) is 0. The van der Waals surface area contributed by atoms with Gasteiger partial charge in [0.2, 0.25) is 0 Å². The molecule has 0 spiro atoms. The third-order valence-corrected chi connectivity index (χ3v) is 3.38. The molecule has 2 aromatic rings. The third-order valence-electron chi connectivity index (χ3n) is 3.19. The predicted octanol–water partition coefficient (Wildman–Crippen LogP) is 3.55. The number of nitrogens with two attached hydrogens (primary N) is 1. The Hall–Kier alpha value is -1.74. The molecule has 0 aliphatic heterocycles. The van der Waals surface area contributed by atoms with Crippen LogP contribution in [0.1, 0.15) is 17.5 Å². The van der Waals surface area contributed by atoms with E-state index in [2.05, 4.69) is 28.5 Å². The van der Waals surface area contributed by atoms with E-state index >= 15 is 0 Å². The number of hydrogen-bond acceptors (Lipinski definition) is 3. The Bertz CT molecular complexity index is 575. The monoisotopic (exact) mass is 259 g/mol. The van der Waals surface area contributed by atoms with Gasteiger partial charge in [0.1, 0.15) is 11.0 Å². The van der Waals surface area contributed by atoms with Crippen LogP contribution < -0.4 is 11.1 Å². The molecule has 1 aliphatic rings. The molecule has 0 saturated heterocycles. The number of nitrogens with one attached hydrogen (secondary N) is 1. The molecule has 4 heteroatoms. The topological polar surface area (TPSA) is 50.9 Å². The smallest absolute Gasteiger partial charge is 0.134 e. The minimum absolute atomic E-state index is 0.402. The molecule has 3 rings (SSSR count). The number of fused-ring (bicyclic) bond motifs is 1. The first-order valence-electron chi connectivity index (χ1n) is 6.02.